The smallest absolute Gasteiger partial charge is 0.292 e. The third-order valence-corrected chi connectivity index (χ3v) is 6.15. The number of nitrogens with one attached hydrogen (secondary N) is 1. The Bertz CT molecular complexity index is 1170. The molecule has 0 unspecified atom stereocenters. The number of benzene rings is 3. The van der Waals surface area contributed by atoms with Crippen LogP contribution in [0.5, 0.6) is 5.75 Å². The lowest BCUT2D eigenvalue weighted by molar-refractivity contribution is -0.383. The zero-order valence-corrected chi connectivity index (χ0v) is 20.7. The highest BCUT2D eigenvalue weighted by atomic mass is 16.6. The molecule has 4 rings (SSSR count). The second-order valence-electron chi connectivity index (χ2n) is 9.09. The van der Waals surface area contributed by atoms with E-state index in [-0.39, 0.29) is 22.6 Å². The van der Waals surface area contributed by atoms with E-state index in [1.54, 1.807) is 24.3 Å². The third kappa shape index (κ3) is 6.33. The van der Waals surface area contributed by atoms with Gasteiger partial charge in [-0.3, -0.25) is 14.9 Å². The molecule has 36 heavy (non-hydrogen) atoms. The van der Waals surface area contributed by atoms with Crippen molar-refractivity contribution < 1.29 is 14.5 Å². The summed E-state index contributed by atoms with van der Waals surface area (Å²) in [5.41, 5.74) is 3.29. The molecule has 1 N–H and O–H groups in total. The van der Waals surface area contributed by atoms with Gasteiger partial charge >= 0.3 is 0 Å². The van der Waals surface area contributed by atoms with E-state index < -0.39 is 0 Å². The van der Waals surface area contributed by atoms with Gasteiger partial charge in [-0.2, -0.15) is 0 Å². The van der Waals surface area contributed by atoms with Crippen LogP contribution in [0.25, 0.3) is 0 Å². The second kappa shape index (κ2) is 11.6. The fourth-order valence-corrected chi connectivity index (χ4v) is 4.31. The van der Waals surface area contributed by atoms with Crippen molar-refractivity contribution in [1.82, 2.24) is 4.90 Å². The van der Waals surface area contributed by atoms with Crippen LogP contribution in [0.4, 0.5) is 17.1 Å². The molecule has 1 aliphatic rings. The van der Waals surface area contributed by atoms with E-state index >= 15 is 0 Å². The summed E-state index contributed by atoms with van der Waals surface area (Å²) in [6.07, 6.45) is 0.853. The van der Waals surface area contributed by atoms with Crippen molar-refractivity contribution in [2.75, 3.05) is 42.9 Å². The Balaban J connectivity index is 1.37. The second-order valence-corrected chi connectivity index (χ2v) is 9.09. The molecule has 1 aliphatic heterocycles. The van der Waals surface area contributed by atoms with Crippen LogP contribution < -0.4 is 15.0 Å². The van der Waals surface area contributed by atoms with E-state index in [2.05, 4.69) is 10.2 Å². The van der Waals surface area contributed by atoms with Gasteiger partial charge in [-0.15, -0.1) is 0 Å². The molecule has 0 spiro atoms. The normalized spacial score (nSPS) is 13.5. The van der Waals surface area contributed by atoms with Crippen molar-refractivity contribution in [1.29, 1.82) is 0 Å². The Morgan fingerprint density at radius 3 is 2.33 bits per heavy atom. The maximum atomic E-state index is 13.0. The van der Waals surface area contributed by atoms with E-state index in [4.69, 9.17) is 4.74 Å². The van der Waals surface area contributed by atoms with Crippen molar-refractivity contribution in [2.24, 2.45) is 0 Å². The van der Waals surface area contributed by atoms with Crippen LogP contribution >= 0.6 is 0 Å². The lowest BCUT2D eigenvalue weighted by Crippen LogP contribution is -2.48. The molecule has 3 aromatic carbocycles. The molecule has 0 bridgehead atoms. The number of rotatable bonds is 9. The Kier molecular flexibility index (Phi) is 8.05. The minimum atomic E-state index is -0.358. The van der Waals surface area contributed by atoms with Gasteiger partial charge in [0.2, 0.25) is 0 Å². The van der Waals surface area contributed by atoms with Crippen molar-refractivity contribution >= 4 is 23.0 Å². The largest absolute Gasteiger partial charge is 0.491 e. The average molecular weight is 489 g/mol. The van der Waals surface area contributed by atoms with Crippen molar-refractivity contribution in [3.8, 4) is 5.75 Å². The predicted molar refractivity (Wildman–Crippen MR) is 142 cm³/mol. The number of ether oxygens (including phenoxy) is 1. The monoisotopic (exact) mass is 488 g/mol. The number of amides is 1. The maximum Gasteiger partial charge on any atom is 0.292 e. The molecule has 0 aromatic heterocycles. The van der Waals surface area contributed by atoms with Gasteiger partial charge in [0.25, 0.3) is 11.6 Å². The predicted octanol–water partition coefficient (Wildman–Crippen LogP) is 5.00. The topological polar surface area (TPSA) is 88.0 Å². The van der Waals surface area contributed by atoms with Gasteiger partial charge < -0.3 is 19.9 Å². The van der Waals surface area contributed by atoms with Crippen LogP contribution in [-0.2, 0) is 6.42 Å². The fraction of sp³-hybridized carbons (Fsp3) is 0.321. The summed E-state index contributed by atoms with van der Waals surface area (Å²) in [4.78, 5) is 28.2. The zero-order chi connectivity index (χ0) is 25.5. The molecule has 0 atom stereocenters. The van der Waals surface area contributed by atoms with E-state index in [0.29, 0.717) is 44.0 Å². The molecular weight excluding hydrogens is 456 g/mol. The first-order chi connectivity index (χ1) is 17.4. The molecule has 0 aliphatic carbocycles. The summed E-state index contributed by atoms with van der Waals surface area (Å²) >= 11 is 0. The van der Waals surface area contributed by atoms with Crippen LogP contribution in [0, 0.1) is 10.1 Å². The van der Waals surface area contributed by atoms with E-state index in [1.807, 2.05) is 67.3 Å². The van der Waals surface area contributed by atoms with E-state index in [1.165, 1.54) is 5.56 Å². The van der Waals surface area contributed by atoms with Crippen molar-refractivity contribution in [3.05, 3.63) is 94.0 Å². The highest BCUT2D eigenvalue weighted by molar-refractivity contribution is 5.94. The van der Waals surface area contributed by atoms with Gasteiger partial charge in [-0.1, -0.05) is 30.3 Å². The SMILES string of the molecule is CC(C)Oc1ccc(C(=O)N2CCN(c3ccc([N+](=O)[O-])c(NCCc4ccccc4)c3)CC2)cc1. The minimum absolute atomic E-state index is 0.00212. The van der Waals surface area contributed by atoms with Crippen molar-refractivity contribution in [3.63, 3.8) is 0 Å². The number of anilines is 2. The first-order valence-corrected chi connectivity index (χ1v) is 12.3. The summed E-state index contributed by atoms with van der Waals surface area (Å²) < 4.78 is 5.66. The fourth-order valence-electron chi connectivity index (χ4n) is 4.31. The molecule has 1 fully saturated rings. The van der Waals surface area contributed by atoms with Gasteiger partial charge in [0.15, 0.2) is 0 Å². The first-order valence-electron chi connectivity index (χ1n) is 12.3. The van der Waals surface area contributed by atoms with Crippen LogP contribution in [0.3, 0.4) is 0 Å². The molecule has 1 amide bonds. The molecule has 8 nitrogen and oxygen atoms in total. The molecule has 1 heterocycles. The van der Waals surface area contributed by atoms with Crippen LogP contribution in [0.15, 0.2) is 72.8 Å². The lowest BCUT2D eigenvalue weighted by Gasteiger charge is -2.36. The zero-order valence-electron chi connectivity index (χ0n) is 20.7. The van der Waals surface area contributed by atoms with E-state index in [9.17, 15) is 14.9 Å². The Morgan fingerprint density at radius 1 is 1.00 bits per heavy atom. The third-order valence-electron chi connectivity index (χ3n) is 6.15. The quantitative estimate of drug-likeness (QED) is 0.337. The van der Waals surface area contributed by atoms with Crippen molar-refractivity contribution in [2.45, 2.75) is 26.4 Å². The maximum absolute atomic E-state index is 13.0. The number of nitrogens with zero attached hydrogens (tertiary/aromatic N) is 3. The summed E-state index contributed by atoms with van der Waals surface area (Å²) in [7, 11) is 0. The van der Waals surface area contributed by atoms with E-state index in [0.717, 1.165) is 17.9 Å². The number of hydrogen-bond donors (Lipinski definition) is 1. The molecule has 3 aromatic rings. The molecule has 8 heteroatoms. The number of carbonyl (C=O) groups is 1. The average Bonchev–Trinajstić information content (AvgIpc) is 2.89. The number of nitro benzene ring substituents is 1. The highest BCUT2D eigenvalue weighted by Crippen LogP contribution is 2.30. The standard InChI is InChI=1S/C28H32N4O4/c1-21(2)36-25-11-8-23(9-12-25)28(33)31-18-16-30(17-19-31)24-10-13-27(32(34)35)26(20-24)29-15-14-22-6-4-3-5-7-22/h3-13,20-21,29H,14-19H2,1-2H3. The first kappa shape index (κ1) is 25.0. The Morgan fingerprint density at radius 2 is 1.69 bits per heavy atom. The van der Waals surface area contributed by atoms with Crippen LogP contribution in [0.2, 0.25) is 0 Å². The summed E-state index contributed by atoms with van der Waals surface area (Å²) in [6.45, 7) is 6.99. The molecule has 0 saturated carbocycles. The van der Waals surface area contributed by atoms with Gasteiger partial charge in [0.05, 0.1) is 11.0 Å². The number of carbonyl (C=O) groups excluding carboxylic acids is 1. The molecular formula is C28H32N4O4. The highest BCUT2D eigenvalue weighted by Gasteiger charge is 2.24. The Labute approximate surface area is 211 Å². The van der Waals surface area contributed by atoms with Crippen LogP contribution in [-0.4, -0.2) is 54.6 Å². The lowest BCUT2D eigenvalue weighted by atomic mass is 10.1. The number of piperazine rings is 1. The molecule has 0 radical (unpaired) electrons. The summed E-state index contributed by atoms with van der Waals surface area (Å²) in [5, 5.41) is 14.8. The van der Waals surface area contributed by atoms with Gasteiger partial charge in [-0.05, 0) is 62.2 Å². The summed E-state index contributed by atoms with van der Waals surface area (Å²) in [5.74, 6) is 0.746. The van der Waals surface area contributed by atoms with Gasteiger partial charge in [0, 0.05) is 50.0 Å². The summed E-state index contributed by atoms with van der Waals surface area (Å²) in [6, 6.07) is 22.5. The minimum Gasteiger partial charge on any atom is -0.491 e. The molecule has 188 valence electrons. The number of nitro groups is 1. The van der Waals surface area contributed by atoms with Gasteiger partial charge in [-0.25, -0.2) is 0 Å². The Hall–Kier alpha value is -4.07. The number of hydrogen-bond acceptors (Lipinski definition) is 6. The van der Waals surface area contributed by atoms with Crippen LogP contribution in [0.1, 0.15) is 29.8 Å². The molecule has 1 saturated heterocycles. The van der Waals surface area contributed by atoms with Gasteiger partial charge in [0.1, 0.15) is 11.4 Å².